The van der Waals surface area contributed by atoms with Crippen LogP contribution in [0.3, 0.4) is 0 Å². The highest BCUT2D eigenvalue weighted by molar-refractivity contribution is 5.54. The Morgan fingerprint density at radius 2 is 2.10 bits per heavy atom. The second-order valence-electron chi connectivity index (χ2n) is 5.05. The van der Waals surface area contributed by atoms with Crippen LogP contribution in [0.25, 0.3) is 0 Å². The molecule has 1 aromatic rings. The minimum atomic E-state index is -4.53. The van der Waals surface area contributed by atoms with Crippen LogP contribution >= 0.6 is 0 Å². The average molecular weight is 285 g/mol. The second-order valence-corrected chi connectivity index (χ2v) is 5.05. The Labute approximate surface area is 114 Å². The number of pyridine rings is 1. The molecule has 1 aromatic heterocycles. The summed E-state index contributed by atoms with van der Waals surface area (Å²) in [5.41, 5.74) is -0.896. The maximum Gasteiger partial charge on any atom is 0.433 e. The van der Waals surface area contributed by atoms with Crippen molar-refractivity contribution in [1.29, 1.82) is 5.26 Å². The van der Waals surface area contributed by atoms with Crippen LogP contribution < -0.4 is 4.90 Å². The van der Waals surface area contributed by atoms with Crippen molar-refractivity contribution in [2.45, 2.75) is 25.1 Å². The topological polar surface area (TPSA) is 60.1 Å². The zero-order valence-electron chi connectivity index (χ0n) is 10.9. The molecule has 1 aliphatic carbocycles. The average Bonchev–Trinajstić information content (AvgIpc) is 2.35. The monoisotopic (exact) mass is 285 g/mol. The van der Waals surface area contributed by atoms with Gasteiger partial charge in [0.1, 0.15) is 17.6 Å². The number of aliphatic hydroxyl groups is 1. The summed E-state index contributed by atoms with van der Waals surface area (Å²) < 4.78 is 38.0. The van der Waals surface area contributed by atoms with E-state index in [1.54, 1.807) is 11.9 Å². The number of hydrogen-bond acceptors (Lipinski definition) is 4. The van der Waals surface area contributed by atoms with Crippen molar-refractivity contribution in [2.75, 3.05) is 18.5 Å². The van der Waals surface area contributed by atoms with Crippen LogP contribution in [0.1, 0.15) is 24.1 Å². The molecule has 0 aliphatic heterocycles. The molecule has 0 amide bonds. The fraction of sp³-hybridized carbons (Fsp3) is 0.538. The number of nitrogens with zero attached hydrogens (tertiary/aromatic N) is 3. The van der Waals surface area contributed by atoms with Crippen molar-refractivity contribution >= 4 is 5.82 Å². The van der Waals surface area contributed by atoms with Gasteiger partial charge < -0.3 is 10.0 Å². The maximum atomic E-state index is 12.7. The molecule has 7 heteroatoms. The Morgan fingerprint density at radius 1 is 1.45 bits per heavy atom. The molecule has 0 spiro atoms. The number of halogens is 3. The summed E-state index contributed by atoms with van der Waals surface area (Å²) in [6, 6.07) is 3.80. The van der Waals surface area contributed by atoms with Gasteiger partial charge >= 0.3 is 6.18 Å². The lowest BCUT2D eigenvalue weighted by Gasteiger charge is -2.35. The van der Waals surface area contributed by atoms with Gasteiger partial charge in [0.15, 0.2) is 0 Å². The maximum absolute atomic E-state index is 12.7. The van der Waals surface area contributed by atoms with Crippen molar-refractivity contribution in [3.63, 3.8) is 0 Å². The van der Waals surface area contributed by atoms with E-state index in [2.05, 4.69) is 4.98 Å². The highest BCUT2D eigenvalue weighted by atomic mass is 19.4. The Hall–Kier alpha value is -1.81. The van der Waals surface area contributed by atoms with E-state index in [1.807, 2.05) is 6.07 Å². The van der Waals surface area contributed by atoms with Gasteiger partial charge in [-0.05, 0) is 30.9 Å². The summed E-state index contributed by atoms with van der Waals surface area (Å²) in [4.78, 5) is 5.11. The smallest absolute Gasteiger partial charge is 0.393 e. The summed E-state index contributed by atoms with van der Waals surface area (Å²) >= 11 is 0. The Morgan fingerprint density at radius 3 is 2.60 bits per heavy atom. The van der Waals surface area contributed by atoms with E-state index in [0.717, 1.165) is 12.1 Å². The highest BCUT2D eigenvalue weighted by Crippen LogP contribution is 2.32. The van der Waals surface area contributed by atoms with Crippen molar-refractivity contribution in [2.24, 2.45) is 5.92 Å². The van der Waals surface area contributed by atoms with Gasteiger partial charge in [-0.3, -0.25) is 0 Å². The van der Waals surface area contributed by atoms with Crippen LogP contribution in [0.2, 0.25) is 0 Å². The Bertz CT molecular complexity index is 533. The summed E-state index contributed by atoms with van der Waals surface area (Å²) in [6.45, 7) is 0.472. The highest BCUT2D eigenvalue weighted by Gasteiger charge is 2.34. The third kappa shape index (κ3) is 3.02. The van der Waals surface area contributed by atoms with E-state index >= 15 is 0 Å². The third-order valence-corrected chi connectivity index (χ3v) is 3.39. The molecular formula is C13H14F3N3O. The zero-order valence-corrected chi connectivity index (χ0v) is 10.9. The van der Waals surface area contributed by atoms with Gasteiger partial charge in [0.25, 0.3) is 0 Å². The van der Waals surface area contributed by atoms with Gasteiger partial charge in [-0.2, -0.15) is 18.4 Å². The summed E-state index contributed by atoms with van der Waals surface area (Å²) in [7, 11) is 1.61. The van der Waals surface area contributed by atoms with Crippen molar-refractivity contribution < 1.29 is 18.3 Å². The van der Waals surface area contributed by atoms with Gasteiger partial charge in [0.2, 0.25) is 0 Å². The Kier molecular flexibility index (Phi) is 3.86. The van der Waals surface area contributed by atoms with E-state index in [0.29, 0.717) is 19.4 Å². The fourth-order valence-electron chi connectivity index (χ4n) is 2.31. The number of nitriles is 1. The van der Waals surface area contributed by atoms with E-state index in [4.69, 9.17) is 5.26 Å². The zero-order chi connectivity index (χ0) is 14.9. The van der Waals surface area contributed by atoms with Crippen molar-refractivity contribution in [3.8, 4) is 6.07 Å². The summed E-state index contributed by atoms with van der Waals surface area (Å²) in [5.74, 6) is 0.251. The molecule has 0 atom stereocenters. The first-order valence-corrected chi connectivity index (χ1v) is 6.18. The van der Waals surface area contributed by atoms with Crippen LogP contribution in [0, 0.1) is 17.2 Å². The lowest BCUT2D eigenvalue weighted by atomic mass is 9.82. The molecule has 4 nitrogen and oxygen atoms in total. The number of anilines is 1. The van der Waals surface area contributed by atoms with E-state index in [1.165, 1.54) is 0 Å². The number of alkyl halides is 3. The lowest BCUT2D eigenvalue weighted by Crippen LogP contribution is -2.37. The van der Waals surface area contributed by atoms with Crippen LogP contribution in [0.15, 0.2) is 12.1 Å². The van der Waals surface area contributed by atoms with Crippen LogP contribution in [-0.4, -0.2) is 29.8 Å². The van der Waals surface area contributed by atoms with Crippen molar-refractivity contribution in [1.82, 2.24) is 4.98 Å². The molecule has 1 aliphatic rings. The van der Waals surface area contributed by atoms with Gasteiger partial charge in [0, 0.05) is 13.6 Å². The minimum Gasteiger partial charge on any atom is -0.393 e. The van der Waals surface area contributed by atoms with E-state index in [9.17, 15) is 18.3 Å². The number of hydrogen-bond donors (Lipinski definition) is 1. The number of aromatic nitrogens is 1. The van der Waals surface area contributed by atoms with Gasteiger partial charge in [0.05, 0.1) is 11.7 Å². The van der Waals surface area contributed by atoms with Crippen LogP contribution in [0.4, 0.5) is 19.0 Å². The molecule has 0 saturated heterocycles. The summed E-state index contributed by atoms with van der Waals surface area (Å²) in [5, 5.41) is 18.2. The first kappa shape index (κ1) is 14.6. The molecule has 0 bridgehead atoms. The third-order valence-electron chi connectivity index (χ3n) is 3.39. The van der Waals surface area contributed by atoms with E-state index < -0.39 is 11.9 Å². The standard InChI is InChI=1S/C13H14F3N3O/c1-19(7-8-4-10(20)5-8)12-9(6-17)2-3-11(18-12)13(14,15)16/h2-3,8,10,20H,4-5,7H2,1H3. The molecule has 0 unspecified atom stereocenters. The predicted molar refractivity (Wildman–Crippen MR) is 66.0 cm³/mol. The molecular weight excluding hydrogens is 271 g/mol. The quantitative estimate of drug-likeness (QED) is 0.924. The minimum absolute atomic E-state index is 0.0312. The molecule has 2 rings (SSSR count). The lowest BCUT2D eigenvalue weighted by molar-refractivity contribution is -0.141. The number of aliphatic hydroxyl groups excluding tert-OH is 1. The molecule has 0 aromatic carbocycles. The predicted octanol–water partition coefficient (Wildman–Crippen LogP) is 2.18. The Balaban J connectivity index is 2.22. The molecule has 1 heterocycles. The SMILES string of the molecule is CN(CC1CC(O)C1)c1nc(C(F)(F)F)ccc1C#N. The molecule has 1 N–H and O–H groups in total. The first-order chi connectivity index (χ1) is 9.31. The molecule has 0 radical (unpaired) electrons. The largest absolute Gasteiger partial charge is 0.433 e. The molecule has 1 saturated carbocycles. The summed E-state index contributed by atoms with van der Waals surface area (Å²) in [6.07, 6.45) is -3.59. The van der Waals surface area contributed by atoms with Crippen LogP contribution in [0.5, 0.6) is 0 Å². The second kappa shape index (κ2) is 5.29. The number of rotatable bonds is 3. The molecule has 1 fully saturated rings. The fourth-order valence-corrected chi connectivity index (χ4v) is 2.31. The molecule has 20 heavy (non-hydrogen) atoms. The normalized spacial score (nSPS) is 22.0. The van der Waals surface area contributed by atoms with Gasteiger partial charge in [-0.1, -0.05) is 0 Å². The van der Waals surface area contributed by atoms with Crippen molar-refractivity contribution in [3.05, 3.63) is 23.4 Å². The van der Waals surface area contributed by atoms with Gasteiger partial charge in [-0.15, -0.1) is 0 Å². The molecule has 108 valence electrons. The first-order valence-electron chi connectivity index (χ1n) is 6.18. The van der Waals surface area contributed by atoms with E-state index in [-0.39, 0.29) is 23.4 Å². The van der Waals surface area contributed by atoms with Crippen LogP contribution in [-0.2, 0) is 6.18 Å². The van der Waals surface area contributed by atoms with Gasteiger partial charge in [-0.25, -0.2) is 4.98 Å².